The molecule has 1 aromatic heterocycles. The van der Waals surface area contributed by atoms with Gasteiger partial charge in [0.1, 0.15) is 0 Å². The van der Waals surface area contributed by atoms with Crippen LogP contribution in [0.15, 0.2) is 28.3 Å². The molecule has 1 fully saturated rings. The van der Waals surface area contributed by atoms with E-state index in [4.69, 9.17) is 0 Å². The number of rotatable bonds is 6. The topological polar surface area (TPSA) is 78.7 Å². The van der Waals surface area contributed by atoms with Crippen LogP contribution in [0.3, 0.4) is 0 Å². The lowest BCUT2D eigenvalue weighted by atomic mass is 9.65. The molecule has 26 heavy (non-hydrogen) atoms. The lowest BCUT2D eigenvalue weighted by Gasteiger charge is -2.62. The fourth-order valence-electron chi connectivity index (χ4n) is 2.86. The van der Waals surface area contributed by atoms with E-state index in [1.165, 1.54) is 0 Å². The largest absolute Gasteiger partial charge is 0.356 e. The number of nitrogens with zero attached hydrogens (tertiary/aromatic N) is 3. The quantitative estimate of drug-likeness (QED) is 0.273. The summed E-state index contributed by atoms with van der Waals surface area (Å²) in [4.78, 5) is 7.12. The standard InChI is InChI=1S/C17H31N5O2S.HI/c1-7-18-15(22-13-16(2,3)17(22,4)5)19-9-10-20-25(23,24)14-8-11-21(6)12-14;/h8,11-12,20H,7,9-10,13H2,1-6H3,(H,18,19);1H. The Balaban J connectivity index is 0.00000338. The van der Waals surface area contributed by atoms with Gasteiger partial charge in [0.25, 0.3) is 0 Å². The van der Waals surface area contributed by atoms with Crippen LogP contribution in [0.25, 0.3) is 0 Å². The fourth-order valence-corrected chi connectivity index (χ4v) is 3.93. The normalized spacial score (nSPS) is 18.8. The number of hydrogen-bond donors (Lipinski definition) is 2. The predicted molar refractivity (Wildman–Crippen MR) is 117 cm³/mol. The van der Waals surface area contributed by atoms with Crippen LogP contribution in [0, 0.1) is 5.41 Å². The maximum Gasteiger partial charge on any atom is 0.242 e. The molecule has 0 amide bonds. The van der Waals surface area contributed by atoms with E-state index in [9.17, 15) is 8.42 Å². The molecule has 1 aliphatic rings. The Kier molecular flexibility index (Phi) is 7.57. The van der Waals surface area contributed by atoms with Crippen molar-refractivity contribution in [3.8, 4) is 0 Å². The third kappa shape index (κ3) is 4.72. The van der Waals surface area contributed by atoms with Crippen molar-refractivity contribution in [3.05, 3.63) is 18.5 Å². The lowest BCUT2D eigenvalue weighted by molar-refractivity contribution is -0.0667. The summed E-state index contributed by atoms with van der Waals surface area (Å²) < 4.78 is 28.7. The fraction of sp³-hybridized carbons (Fsp3) is 0.706. The Hall–Kier alpha value is -0.810. The van der Waals surface area contributed by atoms with Gasteiger partial charge in [-0.2, -0.15) is 0 Å². The Morgan fingerprint density at radius 1 is 1.31 bits per heavy atom. The van der Waals surface area contributed by atoms with Crippen LogP contribution >= 0.6 is 24.0 Å². The third-order valence-electron chi connectivity index (χ3n) is 5.26. The van der Waals surface area contributed by atoms with Crippen molar-refractivity contribution in [1.82, 2.24) is 19.5 Å². The van der Waals surface area contributed by atoms with Gasteiger partial charge in [0.2, 0.25) is 10.0 Å². The summed E-state index contributed by atoms with van der Waals surface area (Å²) >= 11 is 0. The summed E-state index contributed by atoms with van der Waals surface area (Å²) in [6, 6.07) is 1.58. The van der Waals surface area contributed by atoms with Crippen molar-refractivity contribution >= 4 is 40.0 Å². The first kappa shape index (κ1) is 23.2. The van der Waals surface area contributed by atoms with Gasteiger partial charge >= 0.3 is 0 Å². The smallest absolute Gasteiger partial charge is 0.242 e. The number of guanidine groups is 1. The summed E-state index contributed by atoms with van der Waals surface area (Å²) in [6.45, 7) is 13.3. The van der Waals surface area contributed by atoms with Gasteiger partial charge in [-0.1, -0.05) is 13.8 Å². The van der Waals surface area contributed by atoms with Gasteiger partial charge < -0.3 is 14.8 Å². The van der Waals surface area contributed by atoms with E-state index in [1.54, 1.807) is 30.1 Å². The zero-order chi connectivity index (χ0) is 18.9. The first-order valence-electron chi connectivity index (χ1n) is 8.69. The maximum absolute atomic E-state index is 12.2. The molecule has 0 atom stereocenters. The Labute approximate surface area is 174 Å². The van der Waals surface area contributed by atoms with Gasteiger partial charge in [0.05, 0.1) is 11.4 Å². The highest BCUT2D eigenvalue weighted by molar-refractivity contribution is 14.0. The summed E-state index contributed by atoms with van der Waals surface area (Å²) in [6.07, 6.45) is 3.30. The minimum Gasteiger partial charge on any atom is -0.356 e. The highest BCUT2D eigenvalue weighted by atomic mass is 127. The second-order valence-electron chi connectivity index (χ2n) is 7.68. The van der Waals surface area contributed by atoms with Crippen molar-refractivity contribution in [2.24, 2.45) is 17.5 Å². The number of likely N-dealkylation sites (tertiary alicyclic amines) is 1. The molecule has 0 saturated carbocycles. The van der Waals surface area contributed by atoms with Gasteiger partial charge in [-0.25, -0.2) is 13.1 Å². The number of aromatic nitrogens is 1. The zero-order valence-corrected chi connectivity index (χ0v) is 19.7. The molecule has 9 heteroatoms. The molecule has 0 spiro atoms. The first-order chi connectivity index (χ1) is 11.5. The number of sulfonamides is 1. The van der Waals surface area contributed by atoms with E-state index in [0.29, 0.717) is 6.54 Å². The second-order valence-corrected chi connectivity index (χ2v) is 9.44. The maximum atomic E-state index is 12.2. The first-order valence-corrected chi connectivity index (χ1v) is 10.2. The Morgan fingerprint density at radius 3 is 2.42 bits per heavy atom. The van der Waals surface area contributed by atoms with E-state index in [1.807, 2.05) is 6.92 Å². The van der Waals surface area contributed by atoms with Crippen molar-refractivity contribution in [2.75, 3.05) is 26.2 Å². The highest BCUT2D eigenvalue weighted by Gasteiger charge is 2.53. The summed E-state index contributed by atoms with van der Waals surface area (Å²) in [5.74, 6) is 0.839. The second kappa shape index (κ2) is 8.47. The number of aliphatic imine (C=N–C) groups is 1. The zero-order valence-electron chi connectivity index (χ0n) is 16.5. The molecule has 7 nitrogen and oxygen atoms in total. The van der Waals surface area contributed by atoms with E-state index < -0.39 is 10.0 Å². The summed E-state index contributed by atoms with van der Waals surface area (Å²) in [7, 11) is -1.68. The van der Waals surface area contributed by atoms with E-state index in [0.717, 1.165) is 19.0 Å². The molecule has 1 saturated heterocycles. The molecule has 0 bridgehead atoms. The van der Waals surface area contributed by atoms with Gasteiger partial charge in [-0.15, -0.1) is 24.0 Å². The lowest BCUT2D eigenvalue weighted by Crippen LogP contribution is -2.72. The summed E-state index contributed by atoms with van der Waals surface area (Å²) in [5.41, 5.74) is 0.232. The molecule has 0 unspecified atom stereocenters. The third-order valence-corrected chi connectivity index (χ3v) is 6.70. The van der Waals surface area contributed by atoms with Gasteiger partial charge in [0, 0.05) is 50.0 Å². The number of aryl methyl sites for hydroxylation is 1. The SMILES string of the molecule is CCNC(=NCCNS(=O)(=O)c1ccn(C)c1)N1CC(C)(C)C1(C)C.I. The molecular formula is C17H32IN5O2S. The van der Waals surface area contributed by atoms with E-state index >= 15 is 0 Å². The molecule has 0 radical (unpaired) electrons. The van der Waals surface area contributed by atoms with Crippen LogP contribution in [0.5, 0.6) is 0 Å². The van der Waals surface area contributed by atoms with Crippen molar-refractivity contribution in [2.45, 2.75) is 45.1 Å². The molecule has 2 N–H and O–H groups in total. The van der Waals surface area contributed by atoms with Gasteiger partial charge in [0.15, 0.2) is 5.96 Å². The molecular weight excluding hydrogens is 465 g/mol. The van der Waals surface area contributed by atoms with Gasteiger partial charge in [-0.3, -0.25) is 4.99 Å². The number of halogens is 1. The van der Waals surface area contributed by atoms with Crippen LogP contribution in [0.2, 0.25) is 0 Å². The molecule has 1 aromatic rings. The van der Waals surface area contributed by atoms with E-state index in [2.05, 4.69) is 47.6 Å². The van der Waals surface area contributed by atoms with Crippen molar-refractivity contribution in [3.63, 3.8) is 0 Å². The van der Waals surface area contributed by atoms with Crippen LogP contribution < -0.4 is 10.0 Å². The monoisotopic (exact) mass is 497 g/mol. The van der Waals surface area contributed by atoms with Crippen LogP contribution in [0.1, 0.15) is 34.6 Å². The average Bonchev–Trinajstić information content (AvgIpc) is 2.96. The molecule has 2 heterocycles. The number of hydrogen-bond acceptors (Lipinski definition) is 3. The molecule has 150 valence electrons. The molecule has 0 aliphatic carbocycles. The Morgan fingerprint density at radius 2 is 1.96 bits per heavy atom. The minimum absolute atomic E-state index is 0. The van der Waals surface area contributed by atoms with Crippen molar-refractivity contribution < 1.29 is 8.42 Å². The molecule has 0 aromatic carbocycles. The predicted octanol–water partition coefficient (Wildman–Crippen LogP) is 2.01. The molecule has 1 aliphatic heterocycles. The Bertz CT molecular complexity index is 740. The van der Waals surface area contributed by atoms with Crippen LogP contribution in [0.4, 0.5) is 0 Å². The summed E-state index contributed by atoms with van der Waals surface area (Å²) in [5, 5.41) is 3.31. The average molecular weight is 497 g/mol. The van der Waals surface area contributed by atoms with Crippen LogP contribution in [-0.4, -0.2) is 55.6 Å². The van der Waals surface area contributed by atoms with E-state index in [-0.39, 0.29) is 46.4 Å². The minimum atomic E-state index is -3.48. The van der Waals surface area contributed by atoms with Crippen molar-refractivity contribution in [1.29, 1.82) is 0 Å². The number of nitrogens with one attached hydrogen (secondary N) is 2. The van der Waals surface area contributed by atoms with Crippen LogP contribution in [-0.2, 0) is 17.1 Å². The molecule has 2 rings (SSSR count). The highest BCUT2D eigenvalue weighted by Crippen LogP contribution is 2.46. The van der Waals surface area contributed by atoms with Gasteiger partial charge in [-0.05, 0) is 26.8 Å².